The van der Waals surface area contributed by atoms with Crippen molar-refractivity contribution in [2.45, 2.75) is 25.8 Å². The molecule has 144 valence electrons. The summed E-state index contributed by atoms with van der Waals surface area (Å²) in [6, 6.07) is 28.2. The van der Waals surface area contributed by atoms with Crippen LogP contribution in [0.1, 0.15) is 25.0 Å². The third-order valence-corrected chi connectivity index (χ3v) is 6.49. The molecular formula is C25H23N3O. The van der Waals surface area contributed by atoms with E-state index < -0.39 is 11.0 Å². The van der Waals surface area contributed by atoms with Crippen LogP contribution in [0, 0.1) is 5.41 Å². The van der Waals surface area contributed by atoms with Crippen molar-refractivity contribution in [2.75, 3.05) is 10.3 Å². The van der Waals surface area contributed by atoms with Gasteiger partial charge in [0.2, 0.25) is 0 Å². The standard InChI is InChI=1S/C25H23N3O/c1-18-25(23(29)28(27-18)21-14-7-4-8-15-21)17-19-11-9-10-16-22(19)26-24(25,2)20-12-5-3-6-13-20/h3-16,26H,17H2,1-2H3. The Labute approximate surface area is 170 Å². The summed E-state index contributed by atoms with van der Waals surface area (Å²) in [7, 11) is 0. The molecule has 2 aliphatic heterocycles. The molecule has 5 rings (SSSR count). The smallest absolute Gasteiger partial charge is 0.262 e. The molecule has 0 fully saturated rings. The number of benzene rings is 3. The normalized spacial score (nSPS) is 25.5. The zero-order chi connectivity index (χ0) is 20.1. The number of hydrazone groups is 1. The minimum absolute atomic E-state index is 0.00885. The van der Waals surface area contributed by atoms with Crippen LogP contribution in [0.2, 0.25) is 0 Å². The van der Waals surface area contributed by atoms with Crippen molar-refractivity contribution in [3.05, 3.63) is 96.1 Å². The van der Waals surface area contributed by atoms with Gasteiger partial charge in [-0.2, -0.15) is 10.1 Å². The first kappa shape index (κ1) is 17.7. The van der Waals surface area contributed by atoms with E-state index in [0.29, 0.717) is 6.42 Å². The zero-order valence-corrected chi connectivity index (χ0v) is 16.6. The maximum Gasteiger partial charge on any atom is 0.262 e. The first-order chi connectivity index (χ1) is 14.1. The summed E-state index contributed by atoms with van der Waals surface area (Å²) in [5.41, 5.74) is 3.48. The van der Waals surface area contributed by atoms with Gasteiger partial charge in [0.05, 0.1) is 16.9 Å². The molecule has 2 unspecified atom stereocenters. The number of hydrogen-bond donors (Lipinski definition) is 1. The lowest BCUT2D eigenvalue weighted by atomic mass is 9.59. The van der Waals surface area contributed by atoms with E-state index in [1.807, 2.05) is 67.6 Å². The van der Waals surface area contributed by atoms with Crippen molar-refractivity contribution < 1.29 is 4.79 Å². The molecule has 0 saturated heterocycles. The second-order valence-corrected chi connectivity index (χ2v) is 7.99. The largest absolute Gasteiger partial charge is 0.374 e. The second-order valence-electron chi connectivity index (χ2n) is 7.99. The van der Waals surface area contributed by atoms with E-state index in [9.17, 15) is 4.79 Å². The molecule has 2 heterocycles. The highest BCUT2D eigenvalue weighted by molar-refractivity contribution is 6.20. The van der Waals surface area contributed by atoms with E-state index >= 15 is 0 Å². The van der Waals surface area contributed by atoms with Gasteiger partial charge in [-0.25, -0.2) is 0 Å². The van der Waals surface area contributed by atoms with Crippen molar-refractivity contribution in [1.29, 1.82) is 0 Å². The first-order valence-electron chi connectivity index (χ1n) is 9.93. The average Bonchev–Trinajstić information content (AvgIpc) is 3.02. The molecule has 2 atom stereocenters. The average molecular weight is 381 g/mol. The van der Waals surface area contributed by atoms with Crippen LogP contribution in [0.3, 0.4) is 0 Å². The molecule has 0 aliphatic carbocycles. The third kappa shape index (κ3) is 2.38. The highest BCUT2D eigenvalue weighted by Gasteiger charge is 2.63. The molecule has 2 aliphatic rings. The van der Waals surface area contributed by atoms with Gasteiger partial charge in [0, 0.05) is 5.69 Å². The number of nitrogens with one attached hydrogen (secondary N) is 1. The minimum atomic E-state index is -0.807. The van der Waals surface area contributed by atoms with E-state index in [1.165, 1.54) is 0 Å². The molecule has 1 N–H and O–H groups in total. The van der Waals surface area contributed by atoms with Gasteiger partial charge in [-0.15, -0.1) is 0 Å². The Morgan fingerprint density at radius 1 is 0.897 bits per heavy atom. The van der Waals surface area contributed by atoms with Crippen LogP contribution in [-0.4, -0.2) is 11.6 Å². The summed E-state index contributed by atoms with van der Waals surface area (Å²) in [4.78, 5) is 14.1. The highest BCUT2D eigenvalue weighted by Crippen LogP contribution is 2.54. The number of fused-ring (bicyclic) bond motifs is 1. The maximum atomic E-state index is 14.1. The first-order valence-corrected chi connectivity index (χ1v) is 9.93. The maximum absolute atomic E-state index is 14.1. The molecule has 3 aromatic carbocycles. The number of rotatable bonds is 2. The van der Waals surface area contributed by atoms with Gasteiger partial charge in [-0.1, -0.05) is 66.7 Å². The molecular weight excluding hydrogens is 358 g/mol. The van der Waals surface area contributed by atoms with Gasteiger partial charge < -0.3 is 5.32 Å². The number of anilines is 2. The Kier molecular flexibility index (Phi) is 3.85. The van der Waals surface area contributed by atoms with Crippen LogP contribution in [0.4, 0.5) is 11.4 Å². The second kappa shape index (κ2) is 6.31. The fraction of sp³-hybridized carbons (Fsp3) is 0.200. The van der Waals surface area contributed by atoms with E-state index in [0.717, 1.165) is 28.2 Å². The van der Waals surface area contributed by atoms with Crippen molar-refractivity contribution in [3.8, 4) is 0 Å². The molecule has 1 amide bonds. The number of para-hydroxylation sites is 2. The van der Waals surface area contributed by atoms with Crippen molar-refractivity contribution >= 4 is 23.0 Å². The molecule has 0 saturated carbocycles. The highest BCUT2D eigenvalue weighted by atomic mass is 16.2. The number of amides is 1. The van der Waals surface area contributed by atoms with Crippen LogP contribution in [0.25, 0.3) is 0 Å². The van der Waals surface area contributed by atoms with Crippen molar-refractivity contribution in [1.82, 2.24) is 0 Å². The summed E-state index contributed by atoms with van der Waals surface area (Å²) in [6.45, 7) is 4.11. The lowest BCUT2D eigenvalue weighted by Crippen LogP contribution is -2.61. The molecule has 29 heavy (non-hydrogen) atoms. The van der Waals surface area contributed by atoms with E-state index in [2.05, 4.69) is 36.5 Å². The molecule has 0 bridgehead atoms. The van der Waals surface area contributed by atoms with Gasteiger partial charge in [-0.3, -0.25) is 4.79 Å². The van der Waals surface area contributed by atoms with E-state index in [4.69, 9.17) is 5.10 Å². The molecule has 0 radical (unpaired) electrons. The number of carbonyl (C=O) groups excluding carboxylic acids is 1. The quantitative estimate of drug-likeness (QED) is 0.680. The van der Waals surface area contributed by atoms with Crippen LogP contribution in [0.15, 0.2) is 90.0 Å². The molecule has 0 aromatic heterocycles. The van der Waals surface area contributed by atoms with E-state index in [1.54, 1.807) is 5.01 Å². The van der Waals surface area contributed by atoms with E-state index in [-0.39, 0.29) is 5.91 Å². The third-order valence-electron chi connectivity index (χ3n) is 6.49. The van der Waals surface area contributed by atoms with Crippen LogP contribution < -0.4 is 10.3 Å². The Morgan fingerprint density at radius 3 is 2.24 bits per heavy atom. The number of carbonyl (C=O) groups is 1. The Bertz CT molecular complexity index is 1110. The van der Waals surface area contributed by atoms with Gasteiger partial charge in [0.15, 0.2) is 0 Å². The van der Waals surface area contributed by atoms with Crippen molar-refractivity contribution in [2.24, 2.45) is 10.5 Å². The Morgan fingerprint density at radius 2 is 1.52 bits per heavy atom. The Hall–Kier alpha value is -3.40. The SMILES string of the molecule is CC1=NN(c2ccccc2)C(=O)C12Cc1ccccc1NC2(C)c1ccccc1. The van der Waals surface area contributed by atoms with Crippen LogP contribution >= 0.6 is 0 Å². The van der Waals surface area contributed by atoms with Crippen molar-refractivity contribution in [3.63, 3.8) is 0 Å². The van der Waals surface area contributed by atoms with Gasteiger partial charge in [-0.05, 0) is 49.6 Å². The summed E-state index contributed by atoms with van der Waals surface area (Å²) < 4.78 is 0. The lowest BCUT2D eigenvalue weighted by Gasteiger charge is -2.50. The van der Waals surface area contributed by atoms with Crippen LogP contribution in [0.5, 0.6) is 0 Å². The predicted octanol–water partition coefficient (Wildman–Crippen LogP) is 4.98. The topological polar surface area (TPSA) is 44.7 Å². The van der Waals surface area contributed by atoms with Gasteiger partial charge >= 0.3 is 0 Å². The predicted molar refractivity (Wildman–Crippen MR) is 117 cm³/mol. The summed E-state index contributed by atoms with van der Waals surface area (Å²) in [5, 5.41) is 10.1. The lowest BCUT2D eigenvalue weighted by molar-refractivity contribution is -0.126. The molecule has 1 spiro atoms. The fourth-order valence-electron chi connectivity index (χ4n) is 4.86. The summed E-state index contributed by atoms with van der Waals surface area (Å²) in [5.74, 6) is 0.00885. The fourth-order valence-corrected chi connectivity index (χ4v) is 4.86. The molecule has 4 heteroatoms. The van der Waals surface area contributed by atoms with Crippen LogP contribution in [-0.2, 0) is 16.8 Å². The zero-order valence-electron chi connectivity index (χ0n) is 16.6. The minimum Gasteiger partial charge on any atom is -0.374 e. The Balaban J connectivity index is 1.73. The monoisotopic (exact) mass is 381 g/mol. The van der Waals surface area contributed by atoms with Gasteiger partial charge in [0.25, 0.3) is 5.91 Å². The number of nitrogens with zero attached hydrogens (tertiary/aromatic N) is 2. The molecule has 4 nitrogen and oxygen atoms in total. The molecule has 3 aromatic rings. The summed E-state index contributed by atoms with van der Waals surface area (Å²) >= 11 is 0. The summed E-state index contributed by atoms with van der Waals surface area (Å²) in [6.07, 6.45) is 0.610. The van der Waals surface area contributed by atoms with Gasteiger partial charge in [0.1, 0.15) is 5.41 Å². The number of hydrogen-bond acceptors (Lipinski definition) is 3.